The van der Waals surface area contributed by atoms with Crippen LogP contribution in [0.15, 0.2) is 158 Å². The van der Waals surface area contributed by atoms with Gasteiger partial charge in [-0.05, 0) is 81.9 Å². The number of rotatable bonds is 7. The topological polar surface area (TPSA) is 18.5 Å². The summed E-state index contributed by atoms with van der Waals surface area (Å²) in [5, 5.41) is 0. The van der Waals surface area contributed by atoms with Gasteiger partial charge in [-0.25, -0.2) is 0 Å². The van der Waals surface area contributed by atoms with E-state index in [1.165, 1.54) is 22.3 Å². The molecule has 0 radical (unpaired) electrons. The second kappa shape index (κ2) is 10.9. The molecule has 0 aliphatic heterocycles. The molecule has 0 spiro atoms. The fourth-order valence-corrected chi connectivity index (χ4v) is 4.59. The van der Waals surface area contributed by atoms with Crippen LogP contribution < -0.4 is 9.47 Å². The summed E-state index contributed by atoms with van der Waals surface area (Å²) < 4.78 is 12.0. The van der Waals surface area contributed by atoms with Gasteiger partial charge in [0.05, 0.1) is 0 Å². The van der Waals surface area contributed by atoms with Crippen LogP contribution in [0.3, 0.4) is 0 Å². The van der Waals surface area contributed by atoms with Gasteiger partial charge >= 0.3 is 0 Å². The molecule has 6 rings (SSSR count). The Balaban J connectivity index is 1.30. The van der Waals surface area contributed by atoms with Crippen LogP contribution in [0.5, 0.6) is 23.0 Å². The Bertz CT molecular complexity index is 1500. The minimum atomic E-state index is 0.815. The number of hydrogen-bond donors (Lipinski definition) is 0. The van der Waals surface area contributed by atoms with E-state index < -0.39 is 0 Å². The van der Waals surface area contributed by atoms with Crippen molar-refractivity contribution in [3.8, 4) is 56.4 Å². The van der Waals surface area contributed by atoms with Crippen molar-refractivity contribution >= 4 is 0 Å². The maximum Gasteiger partial charge on any atom is 0.127 e. The first-order valence-electron chi connectivity index (χ1n) is 12.7. The summed E-state index contributed by atoms with van der Waals surface area (Å²) in [7, 11) is 0. The first kappa shape index (κ1) is 23.3. The lowest BCUT2D eigenvalue weighted by molar-refractivity contribution is 0.482. The average molecular weight is 491 g/mol. The molecule has 0 bridgehead atoms. The largest absolute Gasteiger partial charge is 0.457 e. The highest BCUT2D eigenvalue weighted by Gasteiger charge is 2.12. The third kappa shape index (κ3) is 5.21. The molecule has 6 aromatic carbocycles. The van der Waals surface area contributed by atoms with Gasteiger partial charge in [-0.3, -0.25) is 0 Å². The van der Waals surface area contributed by atoms with Crippen LogP contribution in [0.1, 0.15) is 0 Å². The lowest BCUT2D eigenvalue weighted by Crippen LogP contribution is -1.90. The SMILES string of the molecule is c1ccc(Oc2ccc(-c3ccccc3-c3ccccc3-c3ccc(Oc4ccccc4)cc3)cc2)cc1. The molecule has 0 N–H and O–H groups in total. The van der Waals surface area contributed by atoms with Gasteiger partial charge in [0.1, 0.15) is 23.0 Å². The van der Waals surface area contributed by atoms with E-state index >= 15 is 0 Å². The van der Waals surface area contributed by atoms with Gasteiger partial charge < -0.3 is 9.47 Å². The molecule has 0 unspecified atom stereocenters. The molecule has 0 saturated carbocycles. The standard InChI is InChI=1S/C36H26O2/c1-3-11-29(12-4-1)37-31-23-19-27(20-24-31)33-15-7-9-17-35(33)36-18-10-8-16-34(36)28-21-25-32(26-22-28)38-30-13-5-2-6-14-30/h1-26H. The summed E-state index contributed by atoms with van der Waals surface area (Å²) in [5.74, 6) is 3.29. The minimum absolute atomic E-state index is 0.815. The number of benzene rings is 6. The summed E-state index contributed by atoms with van der Waals surface area (Å²) in [6.07, 6.45) is 0. The maximum absolute atomic E-state index is 6.00. The van der Waals surface area contributed by atoms with E-state index in [4.69, 9.17) is 9.47 Å². The van der Waals surface area contributed by atoms with Crippen LogP contribution in [0, 0.1) is 0 Å². The molecule has 38 heavy (non-hydrogen) atoms. The molecule has 0 saturated heterocycles. The average Bonchev–Trinajstić information content (AvgIpc) is 2.99. The number of ether oxygens (including phenoxy) is 2. The number of hydrogen-bond acceptors (Lipinski definition) is 2. The quantitative estimate of drug-likeness (QED) is 0.222. The van der Waals surface area contributed by atoms with Gasteiger partial charge in [-0.1, -0.05) is 109 Å². The van der Waals surface area contributed by atoms with Crippen LogP contribution >= 0.6 is 0 Å². The van der Waals surface area contributed by atoms with E-state index in [0.29, 0.717) is 0 Å². The Morgan fingerprint density at radius 2 is 0.526 bits per heavy atom. The van der Waals surface area contributed by atoms with Crippen LogP contribution in [0.2, 0.25) is 0 Å². The predicted molar refractivity (Wildman–Crippen MR) is 156 cm³/mol. The minimum Gasteiger partial charge on any atom is -0.457 e. The molecule has 6 aromatic rings. The van der Waals surface area contributed by atoms with Crippen molar-refractivity contribution < 1.29 is 9.47 Å². The van der Waals surface area contributed by atoms with Crippen molar-refractivity contribution in [1.82, 2.24) is 0 Å². The Morgan fingerprint density at radius 1 is 0.237 bits per heavy atom. The Labute approximate surface area is 223 Å². The smallest absolute Gasteiger partial charge is 0.127 e. The lowest BCUT2D eigenvalue weighted by atomic mass is 9.89. The van der Waals surface area contributed by atoms with Gasteiger partial charge in [0.2, 0.25) is 0 Å². The molecule has 0 amide bonds. The molecule has 0 aromatic heterocycles. The van der Waals surface area contributed by atoms with E-state index in [0.717, 1.165) is 34.1 Å². The Hall–Kier alpha value is -5.08. The zero-order chi connectivity index (χ0) is 25.6. The number of para-hydroxylation sites is 2. The summed E-state index contributed by atoms with van der Waals surface area (Å²) in [5.41, 5.74) is 7.00. The van der Waals surface area contributed by atoms with Gasteiger partial charge in [-0.2, -0.15) is 0 Å². The van der Waals surface area contributed by atoms with Crippen molar-refractivity contribution in [2.45, 2.75) is 0 Å². The molecular formula is C36H26O2. The molecule has 2 nitrogen and oxygen atoms in total. The molecule has 2 heteroatoms. The molecular weight excluding hydrogens is 464 g/mol. The van der Waals surface area contributed by atoms with Crippen LogP contribution in [-0.4, -0.2) is 0 Å². The third-order valence-corrected chi connectivity index (χ3v) is 6.43. The molecule has 0 fully saturated rings. The summed E-state index contributed by atoms with van der Waals surface area (Å²) >= 11 is 0. The molecule has 0 aliphatic carbocycles. The highest BCUT2D eigenvalue weighted by Crippen LogP contribution is 2.39. The zero-order valence-electron chi connectivity index (χ0n) is 20.8. The van der Waals surface area contributed by atoms with Crippen LogP contribution in [0.4, 0.5) is 0 Å². The highest BCUT2D eigenvalue weighted by atomic mass is 16.5. The van der Waals surface area contributed by atoms with E-state index in [2.05, 4.69) is 72.8 Å². The lowest BCUT2D eigenvalue weighted by Gasteiger charge is -2.15. The molecule has 0 aliphatic rings. The van der Waals surface area contributed by atoms with Crippen molar-refractivity contribution in [3.05, 3.63) is 158 Å². The van der Waals surface area contributed by atoms with Crippen molar-refractivity contribution in [1.29, 1.82) is 0 Å². The third-order valence-electron chi connectivity index (χ3n) is 6.43. The van der Waals surface area contributed by atoms with Crippen LogP contribution in [0.25, 0.3) is 33.4 Å². The normalized spacial score (nSPS) is 10.6. The fraction of sp³-hybridized carbons (Fsp3) is 0. The van der Waals surface area contributed by atoms with E-state index in [1.54, 1.807) is 0 Å². The Kier molecular flexibility index (Phi) is 6.69. The molecule has 0 heterocycles. The summed E-state index contributed by atoms with van der Waals surface area (Å²) in [6.45, 7) is 0. The zero-order valence-corrected chi connectivity index (χ0v) is 20.8. The summed E-state index contributed by atoms with van der Waals surface area (Å²) in [4.78, 5) is 0. The van der Waals surface area contributed by atoms with Crippen molar-refractivity contribution in [3.63, 3.8) is 0 Å². The van der Waals surface area contributed by atoms with Gasteiger partial charge in [-0.15, -0.1) is 0 Å². The monoisotopic (exact) mass is 490 g/mol. The maximum atomic E-state index is 6.00. The molecule has 182 valence electrons. The fourth-order valence-electron chi connectivity index (χ4n) is 4.59. The first-order valence-corrected chi connectivity index (χ1v) is 12.7. The summed E-state index contributed by atoms with van der Waals surface area (Å²) in [6, 6.07) is 53.4. The second-order valence-corrected chi connectivity index (χ2v) is 8.97. The van der Waals surface area contributed by atoms with Gasteiger partial charge in [0, 0.05) is 0 Å². The van der Waals surface area contributed by atoms with Crippen molar-refractivity contribution in [2.24, 2.45) is 0 Å². The van der Waals surface area contributed by atoms with Gasteiger partial charge in [0.25, 0.3) is 0 Å². The van der Waals surface area contributed by atoms with Gasteiger partial charge in [0.15, 0.2) is 0 Å². The highest BCUT2D eigenvalue weighted by molar-refractivity contribution is 5.91. The Morgan fingerprint density at radius 3 is 0.895 bits per heavy atom. The van der Waals surface area contributed by atoms with E-state index in [9.17, 15) is 0 Å². The van der Waals surface area contributed by atoms with E-state index in [-0.39, 0.29) is 0 Å². The second-order valence-electron chi connectivity index (χ2n) is 8.97. The van der Waals surface area contributed by atoms with Crippen molar-refractivity contribution in [2.75, 3.05) is 0 Å². The van der Waals surface area contributed by atoms with Crippen LogP contribution in [-0.2, 0) is 0 Å². The molecule has 0 atom stereocenters. The first-order chi connectivity index (χ1) is 18.8. The predicted octanol–water partition coefficient (Wildman–Crippen LogP) is 10.3. The van der Waals surface area contributed by atoms with E-state index in [1.807, 2.05) is 84.9 Å².